The fraction of sp³-hybridized carbons (Fsp3) is 0.118. The fourth-order valence-electron chi connectivity index (χ4n) is 2.45. The number of pyridine rings is 2. The second kappa shape index (κ2) is 5.81. The first-order chi connectivity index (χ1) is 10.6. The first-order valence-electron chi connectivity index (χ1n) is 6.91. The zero-order chi connectivity index (χ0) is 15.5. The second-order valence-electron chi connectivity index (χ2n) is 5.10. The maximum atomic E-state index is 12.4. The van der Waals surface area contributed by atoms with Crippen LogP contribution in [0.4, 0.5) is 0 Å². The van der Waals surface area contributed by atoms with Crippen molar-refractivity contribution in [2.45, 2.75) is 6.54 Å². The van der Waals surface area contributed by atoms with E-state index in [9.17, 15) is 9.59 Å². The lowest BCUT2D eigenvalue weighted by Gasteiger charge is -2.18. The van der Waals surface area contributed by atoms with Crippen LogP contribution in [-0.4, -0.2) is 27.8 Å². The summed E-state index contributed by atoms with van der Waals surface area (Å²) in [5.41, 5.74) is 2.00. The first kappa shape index (κ1) is 14.0. The SMILES string of the molecule is CN(Cc1cc(=O)[nH]c2ccccc12)C(=O)c1ccncc1. The quantitative estimate of drug-likeness (QED) is 0.805. The molecule has 0 aliphatic heterocycles. The largest absolute Gasteiger partial charge is 0.337 e. The van der Waals surface area contributed by atoms with Crippen LogP contribution in [0.5, 0.6) is 0 Å². The average molecular weight is 293 g/mol. The third kappa shape index (κ3) is 2.74. The van der Waals surface area contributed by atoms with Crippen LogP contribution in [0.1, 0.15) is 15.9 Å². The summed E-state index contributed by atoms with van der Waals surface area (Å²) >= 11 is 0. The van der Waals surface area contributed by atoms with Crippen LogP contribution in [-0.2, 0) is 6.54 Å². The van der Waals surface area contributed by atoms with E-state index in [1.807, 2.05) is 24.3 Å². The molecule has 0 bridgehead atoms. The van der Waals surface area contributed by atoms with E-state index in [4.69, 9.17) is 0 Å². The van der Waals surface area contributed by atoms with Gasteiger partial charge in [-0.3, -0.25) is 14.6 Å². The van der Waals surface area contributed by atoms with E-state index in [1.165, 1.54) is 0 Å². The standard InChI is InChI=1S/C17H15N3O2/c1-20(17(22)12-6-8-18-9-7-12)11-13-10-16(21)19-15-5-3-2-4-14(13)15/h2-10H,11H2,1H3,(H,19,21). The van der Waals surface area contributed by atoms with Crippen molar-refractivity contribution in [2.75, 3.05) is 7.05 Å². The molecule has 0 saturated heterocycles. The van der Waals surface area contributed by atoms with E-state index in [0.717, 1.165) is 16.5 Å². The highest BCUT2D eigenvalue weighted by atomic mass is 16.2. The highest BCUT2D eigenvalue weighted by Gasteiger charge is 2.13. The van der Waals surface area contributed by atoms with Gasteiger partial charge in [-0.2, -0.15) is 0 Å². The molecule has 5 nitrogen and oxygen atoms in total. The first-order valence-corrected chi connectivity index (χ1v) is 6.91. The summed E-state index contributed by atoms with van der Waals surface area (Å²) in [5.74, 6) is -0.105. The van der Waals surface area contributed by atoms with Gasteiger partial charge in [-0.1, -0.05) is 18.2 Å². The molecule has 0 fully saturated rings. The van der Waals surface area contributed by atoms with E-state index in [-0.39, 0.29) is 11.5 Å². The average Bonchev–Trinajstić information content (AvgIpc) is 2.54. The Hall–Kier alpha value is -2.95. The minimum atomic E-state index is -0.168. The van der Waals surface area contributed by atoms with Crippen molar-refractivity contribution in [3.63, 3.8) is 0 Å². The lowest BCUT2D eigenvalue weighted by Crippen LogP contribution is -2.27. The fourth-order valence-corrected chi connectivity index (χ4v) is 2.45. The number of benzene rings is 1. The molecule has 1 N–H and O–H groups in total. The Balaban J connectivity index is 1.93. The van der Waals surface area contributed by atoms with Crippen LogP contribution >= 0.6 is 0 Å². The van der Waals surface area contributed by atoms with Crippen LogP contribution in [0, 0.1) is 0 Å². The number of carbonyl (C=O) groups excluding carboxylic acids is 1. The molecule has 0 aliphatic carbocycles. The van der Waals surface area contributed by atoms with Gasteiger partial charge in [0, 0.05) is 48.5 Å². The van der Waals surface area contributed by atoms with Crippen molar-refractivity contribution in [1.82, 2.24) is 14.9 Å². The lowest BCUT2D eigenvalue weighted by molar-refractivity contribution is 0.0785. The number of hydrogen-bond acceptors (Lipinski definition) is 3. The van der Waals surface area contributed by atoms with Gasteiger partial charge in [-0.25, -0.2) is 0 Å². The third-order valence-electron chi connectivity index (χ3n) is 3.52. The molecule has 3 rings (SSSR count). The molecular formula is C17H15N3O2. The Morgan fingerprint density at radius 1 is 1.18 bits per heavy atom. The lowest BCUT2D eigenvalue weighted by atomic mass is 10.1. The Labute approximate surface area is 127 Å². The number of nitrogens with one attached hydrogen (secondary N) is 1. The molecular weight excluding hydrogens is 278 g/mol. The summed E-state index contributed by atoms with van der Waals surface area (Å²) in [5, 5.41) is 0.941. The van der Waals surface area contributed by atoms with Gasteiger partial charge in [0.2, 0.25) is 5.56 Å². The summed E-state index contributed by atoms with van der Waals surface area (Å²) in [6, 6.07) is 12.5. The Kier molecular flexibility index (Phi) is 3.70. The van der Waals surface area contributed by atoms with Crippen LogP contribution in [0.2, 0.25) is 0 Å². The highest BCUT2D eigenvalue weighted by molar-refractivity contribution is 5.94. The van der Waals surface area contributed by atoms with E-state index < -0.39 is 0 Å². The minimum Gasteiger partial charge on any atom is -0.337 e. The Morgan fingerprint density at radius 2 is 1.91 bits per heavy atom. The summed E-state index contributed by atoms with van der Waals surface area (Å²) in [4.78, 5) is 32.4. The van der Waals surface area contributed by atoms with Crippen molar-refractivity contribution in [3.05, 3.63) is 76.3 Å². The van der Waals surface area contributed by atoms with Gasteiger partial charge >= 0.3 is 0 Å². The Morgan fingerprint density at radius 3 is 2.68 bits per heavy atom. The predicted molar refractivity (Wildman–Crippen MR) is 84.6 cm³/mol. The number of hydrogen-bond donors (Lipinski definition) is 1. The van der Waals surface area contributed by atoms with Crippen molar-refractivity contribution < 1.29 is 4.79 Å². The normalized spacial score (nSPS) is 10.6. The smallest absolute Gasteiger partial charge is 0.254 e. The van der Waals surface area contributed by atoms with Gasteiger partial charge in [0.05, 0.1) is 0 Å². The molecule has 0 saturated carbocycles. The molecule has 5 heteroatoms. The number of para-hydroxylation sites is 1. The highest BCUT2D eigenvalue weighted by Crippen LogP contribution is 2.16. The van der Waals surface area contributed by atoms with Gasteiger partial charge in [0.25, 0.3) is 5.91 Å². The van der Waals surface area contributed by atoms with Gasteiger partial charge in [0.15, 0.2) is 0 Å². The van der Waals surface area contributed by atoms with E-state index in [2.05, 4.69) is 9.97 Å². The van der Waals surface area contributed by atoms with Crippen molar-refractivity contribution in [3.8, 4) is 0 Å². The van der Waals surface area contributed by atoms with Crippen LogP contribution in [0.15, 0.2) is 59.7 Å². The molecule has 110 valence electrons. The third-order valence-corrected chi connectivity index (χ3v) is 3.52. The number of H-pyrrole nitrogens is 1. The molecule has 1 amide bonds. The predicted octanol–water partition coefficient (Wildman–Crippen LogP) is 2.20. The number of aromatic amines is 1. The number of nitrogens with zero attached hydrogens (tertiary/aromatic N) is 2. The molecule has 0 unspecified atom stereocenters. The molecule has 0 radical (unpaired) electrons. The molecule has 22 heavy (non-hydrogen) atoms. The Bertz CT molecular complexity index is 872. The van der Waals surface area contributed by atoms with Crippen LogP contribution in [0.3, 0.4) is 0 Å². The van der Waals surface area contributed by atoms with Gasteiger partial charge in [0.1, 0.15) is 0 Å². The molecule has 2 aromatic heterocycles. The molecule has 0 atom stereocenters. The van der Waals surface area contributed by atoms with Crippen molar-refractivity contribution in [2.24, 2.45) is 0 Å². The maximum absolute atomic E-state index is 12.4. The monoisotopic (exact) mass is 293 g/mol. The van der Waals surface area contributed by atoms with Gasteiger partial charge in [-0.15, -0.1) is 0 Å². The number of amides is 1. The summed E-state index contributed by atoms with van der Waals surface area (Å²) < 4.78 is 0. The molecule has 3 aromatic rings. The van der Waals surface area contributed by atoms with Crippen molar-refractivity contribution >= 4 is 16.8 Å². The number of carbonyl (C=O) groups is 1. The van der Waals surface area contributed by atoms with E-state index in [1.54, 1.807) is 42.5 Å². The molecule has 0 spiro atoms. The summed E-state index contributed by atoms with van der Waals surface area (Å²) in [6.45, 7) is 0.367. The summed E-state index contributed by atoms with van der Waals surface area (Å²) in [6.07, 6.45) is 3.17. The zero-order valence-corrected chi connectivity index (χ0v) is 12.1. The number of aromatic nitrogens is 2. The van der Waals surface area contributed by atoms with Crippen molar-refractivity contribution in [1.29, 1.82) is 0 Å². The van der Waals surface area contributed by atoms with Gasteiger partial charge in [-0.05, 0) is 23.8 Å². The van der Waals surface area contributed by atoms with Crippen LogP contribution < -0.4 is 5.56 Å². The van der Waals surface area contributed by atoms with E-state index >= 15 is 0 Å². The zero-order valence-electron chi connectivity index (χ0n) is 12.1. The summed E-state index contributed by atoms with van der Waals surface area (Å²) in [7, 11) is 1.72. The number of rotatable bonds is 3. The molecule has 0 aliphatic rings. The molecule has 1 aromatic carbocycles. The number of fused-ring (bicyclic) bond motifs is 1. The van der Waals surface area contributed by atoms with E-state index in [0.29, 0.717) is 12.1 Å². The minimum absolute atomic E-state index is 0.105. The van der Waals surface area contributed by atoms with Crippen LogP contribution in [0.25, 0.3) is 10.9 Å². The maximum Gasteiger partial charge on any atom is 0.254 e. The second-order valence-corrected chi connectivity index (χ2v) is 5.10. The molecule has 2 heterocycles. The van der Waals surface area contributed by atoms with Gasteiger partial charge < -0.3 is 9.88 Å². The topological polar surface area (TPSA) is 66.1 Å².